The van der Waals surface area contributed by atoms with Gasteiger partial charge in [0, 0.05) is 10.6 Å². The molecule has 1 aromatic rings. The van der Waals surface area contributed by atoms with Crippen LogP contribution in [-0.2, 0) is 6.42 Å². The van der Waals surface area contributed by atoms with E-state index in [-0.39, 0.29) is 11.4 Å². The Morgan fingerprint density at radius 2 is 2.11 bits per heavy atom. The van der Waals surface area contributed by atoms with Crippen LogP contribution in [0.15, 0.2) is 18.2 Å². The van der Waals surface area contributed by atoms with E-state index in [1.54, 1.807) is 6.07 Å². The fraction of sp³-hybridized carbons (Fsp3) is 0.600. The van der Waals surface area contributed by atoms with Crippen molar-refractivity contribution in [1.29, 1.82) is 0 Å². The Labute approximate surface area is 114 Å². The van der Waals surface area contributed by atoms with Crippen LogP contribution >= 0.6 is 11.6 Å². The summed E-state index contributed by atoms with van der Waals surface area (Å²) in [6.07, 6.45) is 4.03. The summed E-state index contributed by atoms with van der Waals surface area (Å²) in [5, 5.41) is 0.617. The lowest BCUT2D eigenvalue weighted by atomic mass is 9.68. The maximum absolute atomic E-state index is 13.3. The predicted octanol–water partition coefficient (Wildman–Crippen LogP) is 4.18. The Hall–Kier alpha value is -0.600. The number of nitrogens with two attached hydrogens (primary N) is 1. The molecule has 0 saturated heterocycles. The molecular formula is C15H21ClFN. The van der Waals surface area contributed by atoms with Gasteiger partial charge in [0.2, 0.25) is 0 Å². The van der Waals surface area contributed by atoms with Crippen molar-refractivity contribution in [3.8, 4) is 0 Å². The number of hydrogen-bond donors (Lipinski definition) is 1. The molecule has 1 nitrogen and oxygen atoms in total. The average molecular weight is 270 g/mol. The van der Waals surface area contributed by atoms with Gasteiger partial charge in [-0.1, -0.05) is 31.9 Å². The van der Waals surface area contributed by atoms with Gasteiger partial charge in [0.25, 0.3) is 0 Å². The van der Waals surface area contributed by atoms with E-state index >= 15 is 0 Å². The van der Waals surface area contributed by atoms with Crippen LogP contribution in [0.4, 0.5) is 4.39 Å². The first-order valence-corrected chi connectivity index (χ1v) is 7.01. The summed E-state index contributed by atoms with van der Waals surface area (Å²) in [6.45, 7) is 4.43. The first-order chi connectivity index (χ1) is 8.40. The molecule has 0 aliphatic heterocycles. The van der Waals surface area contributed by atoms with Gasteiger partial charge in [0.1, 0.15) is 5.82 Å². The summed E-state index contributed by atoms with van der Waals surface area (Å²) in [4.78, 5) is 0. The number of halogens is 2. The number of hydrogen-bond acceptors (Lipinski definition) is 1. The van der Waals surface area contributed by atoms with Crippen LogP contribution in [0.5, 0.6) is 0 Å². The molecule has 0 aromatic heterocycles. The van der Waals surface area contributed by atoms with Crippen molar-refractivity contribution in [3.63, 3.8) is 0 Å². The van der Waals surface area contributed by atoms with Crippen molar-refractivity contribution in [3.05, 3.63) is 34.6 Å². The van der Waals surface area contributed by atoms with Gasteiger partial charge in [0.05, 0.1) is 0 Å². The van der Waals surface area contributed by atoms with Gasteiger partial charge in [-0.2, -0.15) is 0 Å². The standard InChI is InChI=1S/C15H21ClFN/c1-10-3-4-11(2)15(18,8-10)9-12-7-13(17)5-6-14(12)16/h5-7,10-11H,3-4,8-9,18H2,1-2H3. The predicted molar refractivity (Wildman–Crippen MR) is 74.2 cm³/mol. The quantitative estimate of drug-likeness (QED) is 0.857. The monoisotopic (exact) mass is 269 g/mol. The molecule has 3 unspecified atom stereocenters. The lowest BCUT2D eigenvalue weighted by molar-refractivity contribution is 0.161. The average Bonchev–Trinajstić information content (AvgIpc) is 2.29. The Morgan fingerprint density at radius 1 is 1.39 bits per heavy atom. The minimum atomic E-state index is -0.255. The molecule has 2 N–H and O–H groups in total. The summed E-state index contributed by atoms with van der Waals surface area (Å²) in [5.41, 5.74) is 7.14. The van der Waals surface area contributed by atoms with Crippen LogP contribution in [0.1, 0.15) is 38.7 Å². The maximum atomic E-state index is 13.3. The molecule has 1 aliphatic carbocycles. The van der Waals surface area contributed by atoms with E-state index in [9.17, 15) is 4.39 Å². The highest BCUT2D eigenvalue weighted by Crippen LogP contribution is 2.38. The number of rotatable bonds is 2. The molecule has 1 aliphatic rings. The summed E-state index contributed by atoms with van der Waals surface area (Å²) in [5.74, 6) is 0.848. The molecular weight excluding hydrogens is 249 g/mol. The highest BCUT2D eigenvalue weighted by molar-refractivity contribution is 6.31. The molecule has 1 aromatic carbocycles. The van der Waals surface area contributed by atoms with E-state index in [1.807, 2.05) is 0 Å². The molecule has 0 radical (unpaired) electrons. The van der Waals surface area contributed by atoms with Gasteiger partial charge < -0.3 is 5.73 Å². The van der Waals surface area contributed by atoms with Gasteiger partial charge in [-0.25, -0.2) is 4.39 Å². The minimum absolute atomic E-state index is 0.241. The lowest BCUT2D eigenvalue weighted by Crippen LogP contribution is -2.51. The van der Waals surface area contributed by atoms with Gasteiger partial charge in [-0.05, 0) is 54.9 Å². The molecule has 0 heterocycles. The third kappa shape index (κ3) is 2.86. The Kier molecular flexibility index (Phi) is 3.98. The molecule has 2 rings (SSSR count). The van der Waals surface area contributed by atoms with Crippen LogP contribution in [0.2, 0.25) is 5.02 Å². The van der Waals surface area contributed by atoms with E-state index in [0.717, 1.165) is 18.4 Å². The fourth-order valence-corrected chi connectivity index (χ4v) is 3.24. The fourth-order valence-electron chi connectivity index (χ4n) is 3.05. The maximum Gasteiger partial charge on any atom is 0.123 e. The van der Waals surface area contributed by atoms with Crippen LogP contribution < -0.4 is 5.73 Å². The number of benzene rings is 1. The molecule has 100 valence electrons. The molecule has 0 bridgehead atoms. The Balaban J connectivity index is 2.23. The first-order valence-electron chi connectivity index (χ1n) is 6.63. The third-order valence-corrected chi connectivity index (χ3v) is 4.70. The van der Waals surface area contributed by atoms with Crippen LogP contribution in [0, 0.1) is 17.7 Å². The van der Waals surface area contributed by atoms with Crippen molar-refractivity contribution in [2.45, 2.75) is 45.1 Å². The van der Waals surface area contributed by atoms with Crippen LogP contribution in [0.25, 0.3) is 0 Å². The molecule has 1 saturated carbocycles. The molecule has 1 fully saturated rings. The van der Waals surface area contributed by atoms with Crippen molar-refractivity contribution >= 4 is 11.6 Å². The first kappa shape index (κ1) is 13.8. The highest BCUT2D eigenvalue weighted by atomic mass is 35.5. The van der Waals surface area contributed by atoms with E-state index in [4.69, 9.17) is 17.3 Å². The summed E-state index contributed by atoms with van der Waals surface area (Å²) >= 11 is 6.14. The van der Waals surface area contributed by atoms with Crippen molar-refractivity contribution < 1.29 is 4.39 Å². The zero-order chi connectivity index (χ0) is 13.3. The highest BCUT2D eigenvalue weighted by Gasteiger charge is 2.37. The smallest absolute Gasteiger partial charge is 0.123 e. The zero-order valence-electron chi connectivity index (χ0n) is 11.0. The second kappa shape index (κ2) is 5.18. The summed E-state index contributed by atoms with van der Waals surface area (Å²) in [6, 6.07) is 4.53. The van der Waals surface area contributed by atoms with Gasteiger partial charge in [-0.15, -0.1) is 0 Å². The van der Waals surface area contributed by atoms with E-state index in [2.05, 4.69) is 13.8 Å². The van der Waals surface area contributed by atoms with Crippen molar-refractivity contribution in [1.82, 2.24) is 0 Å². The van der Waals surface area contributed by atoms with Crippen molar-refractivity contribution in [2.75, 3.05) is 0 Å². The van der Waals surface area contributed by atoms with E-state index in [0.29, 0.717) is 23.3 Å². The largest absolute Gasteiger partial charge is 0.325 e. The van der Waals surface area contributed by atoms with Gasteiger partial charge in [-0.3, -0.25) is 0 Å². The summed E-state index contributed by atoms with van der Waals surface area (Å²) in [7, 11) is 0. The normalized spacial score (nSPS) is 32.5. The Bertz CT molecular complexity index is 435. The van der Waals surface area contributed by atoms with Gasteiger partial charge >= 0.3 is 0 Å². The second-order valence-corrected chi connectivity index (χ2v) is 6.34. The summed E-state index contributed by atoms with van der Waals surface area (Å²) < 4.78 is 13.3. The third-order valence-electron chi connectivity index (χ3n) is 4.33. The van der Waals surface area contributed by atoms with E-state index in [1.165, 1.54) is 18.6 Å². The molecule has 3 heteroatoms. The zero-order valence-corrected chi connectivity index (χ0v) is 11.8. The van der Waals surface area contributed by atoms with Crippen molar-refractivity contribution in [2.24, 2.45) is 17.6 Å². The molecule has 0 spiro atoms. The Morgan fingerprint density at radius 3 is 2.83 bits per heavy atom. The topological polar surface area (TPSA) is 26.0 Å². The molecule has 3 atom stereocenters. The van der Waals surface area contributed by atoms with E-state index < -0.39 is 0 Å². The second-order valence-electron chi connectivity index (χ2n) is 5.93. The minimum Gasteiger partial charge on any atom is -0.325 e. The van der Waals surface area contributed by atoms with Crippen LogP contribution in [-0.4, -0.2) is 5.54 Å². The van der Waals surface area contributed by atoms with Gasteiger partial charge in [0.15, 0.2) is 0 Å². The molecule has 0 amide bonds. The molecule has 18 heavy (non-hydrogen) atoms. The SMILES string of the molecule is CC1CCC(C)C(N)(Cc2cc(F)ccc2Cl)C1. The van der Waals surface area contributed by atoms with Crippen LogP contribution in [0.3, 0.4) is 0 Å². The lowest BCUT2D eigenvalue weighted by Gasteiger charge is -2.42.